The van der Waals surface area contributed by atoms with Crippen molar-refractivity contribution in [2.24, 2.45) is 0 Å². The van der Waals surface area contributed by atoms with Crippen LogP contribution in [0, 0.1) is 5.82 Å². The molecule has 0 amide bonds. The Bertz CT molecular complexity index is 441. The first-order valence-electron chi connectivity index (χ1n) is 7.69. The molecule has 1 aliphatic heterocycles. The molecule has 1 aromatic rings. The number of ketones is 1. The van der Waals surface area contributed by atoms with Crippen molar-refractivity contribution in [2.45, 2.75) is 58.0 Å². The zero-order valence-electron chi connectivity index (χ0n) is 12.4. The molecule has 3 heteroatoms. The van der Waals surface area contributed by atoms with Gasteiger partial charge in [0.15, 0.2) is 5.78 Å². The summed E-state index contributed by atoms with van der Waals surface area (Å²) < 4.78 is 12.9. The third kappa shape index (κ3) is 3.45. The van der Waals surface area contributed by atoms with Crippen LogP contribution in [0.2, 0.25) is 0 Å². The van der Waals surface area contributed by atoms with Gasteiger partial charge in [0.05, 0.1) is 6.04 Å². The van der Waals surface area contributed by atoms with Gasteiger partial charge in [-0.3, -0.25) is 9.69 Å². The fourth-order valence-electron chi connectivity index (χ4n) is 3.18. The molecule has 0 aromatic heterocycles. The number of hydrogen-bond donors (Lipinski definition) is 0. The fourth-order valence-corrected chi connectivity index (χ4v) is 3.18. The standard InChI is InChI=1S/C17H24FNO/c1-3-6-16-7-4-5-12-19(16)13(2)17(20)14-8-10-15(18)11-9-14/h8-11,13,16H,3-7,12H2,1-2H3. The summed E-state index contributed by atoms with van der Waals surface area (Å²) in [6.45, 7) is 5.18. The average Bonchev–Trinajstić information content (AvgIpc) is 2.47. The van der Waals surface area contributed by atoms with Gasteiger partial charge in [0.2, 0.25) is 0 Å². The molecule has 0 saturated carbocycles. The molecular weight excluding hydrogens is 253 g/mol. The summed E-state index contributed by atoms with van der Waals surface area (Å²) in [6.07, 6.45) is 5.93. The highest BCUT2D eigenvalue weighted by Gasteiger charge is 2.30. The molecule has 1 saturated heterocycles. The number of carbonyl (C=O) groups is 1. The molecule has 0 N–H and O–H groups in total. The van der Waals surface area contributed by atoms with Crippen LogP contribution in [0.3, 0.4) is 0 Å². The average molecular weight is 277 g/mol. The maximum atomic E-state index is 12.9. The molecule has 1 fully saturated rings. The number of Topliss-reactive ketones (excluding diaryl/α,β-unsaturated/α-hetero) is 1. The van der Waals surface area contributed by atoms with Crippen molar-refractivity contribution in [1.82, 2.24) is 4.90 Å². The SMILES string of the molecule is CCCC1CCCCN1C(C)C(=O)c1ccc(F)cc1. The number of likely N-dealkylation sites (tertiary alicyclic amines) is 1. The van der Waals surface area contributed by atoms with E-state index < -0.39 is 0 Å². The van der Waals surface area contributed by atoms with Crippen molar-refractivity contribution in [2.75, 3.05) is 6.54 Å². The Kier molecular flexibility index (Phi) is 5.30. The summed E-state index contributed by atoms with van der Waals surface area (Å²) in [4.78, 5) is 14.9. The number of halogens is 1. The zero-order chi connectivity index (χ0) is 14.5. The molecule has 0 bridgehead atoms. The lowest BCUT2D eigenvalue weighted by atomic mass is 9.94. The predicted molar refractivity (Wildman–Crippen MR) is 79.4 cm³/mol. The Morgan fingerprint density at radius 2 is 2.05 bits per heavy atom. The van der Waals surface area contributed by atoms with E-state index in [0.29, 0.717) is 11.6 Å². The van der Waals surface area contributed by atoms with E-state index in [1.54, 1.807) is 12.1 Å². The molecule has 2 atom stereocenters. The van der Waals surface area contributed by atoms with E-state index in [1.165, 1.54) is 31.4 Å². The normalized spacial score (nSPS) is 21.6. The molecular formula is C17H24FNO. The second kappa shape index (κ2) is 6.98. The van der Waals surface area contributed by atoms with Crippen molar-refractivity contribution < 1.29 is 9.18 Å². The molecule has 0 aliphatic carbocycles. The maximum absolute atomic E-state index is 12.9. The molecule has 20 heavy (non-hydrogen) atoms. The van der Waals surface area contributed by atoms with Gasteiger partial charge in [-0.2, -0.15) is 0 Å². The third-order valence-corrected chi connectivity index (χ3v) is 4.30. The van der Waals surface area contributed by atoms with Crippen molar-refractivity contribution >= 4 is 5.78 Å². The quantitative estimate of drug-likeness (QED) is 0.757. The highest BCUT2D eigenvalue weighted by molar-refractivity contribution is 5.99. The Hall–Kier alpha value is -1.22. The summed E-state index contributed by atoms with van der Waals surface area (Å²) in [5.41, 5.74) is 0.611. The Morgan fingerprint density at radius 1 is 1.35 bits per heavy atom. The van der Waals surface area contributed by atoms with E-state index in [0.717, 1.165) is 19.4 Å². The van der Waals surface area contributed by atoms with Crippen molar-refractivity contribution in [3.63, 3.8) is 0 Å². The topological polar surface area (TPSA) is 20.3 Å². The molecule has 2 rings (SSSR count). The summed E-state index contributed by atoms with van der Waals surface area (Å²) in [5.74, 6) is -0.191. The van der Waals surface area contributed by atoms with Gasteiger partial charge in [-0.25, -0.2) is 4.39 Å². The molecule has 1 aliphatic rings. The monoisotopic (exact) mass is 277 g/mol. The van der Waals surface area contributed by atoms with E-state index in [9.17, 15) is 9.18 Å². The lowest BCUT2D eigenvalue weighted by molar-refractivity contribution is 0.0649. The van der Waals surface area contributed by atoms with Gasteiger partial charge < -0.3 is 0 Å². The predicted octanol–water partition coefficient (Wildman–Crippen LogP) is 4.05. The summed E-state index contributed by atoms with van der Waals surface area (Å²) in [5, 5.41) is 0. The van der Waals surface area contributed by atoms with Crippen LogP contribution in [0.15, 0.2) is 24.3 Å². The number of carbonyl (C=O) groups excluding carboxylic acids is 1. The Labute approximate surface area is 121 Å². The molecule has 110 valence electrons. The van der Waals surface area contributed by atoms with Crippen LogP contribution in [-0.2, 0) is 0 Å². The van der Waals surface area contributed by atoms with Crippen LogP contribution in [-0.4, -0.2) is 29.3 Å². The number of piperidine rings is 1. The first kappa shape index (κ1) is 15.2. The van der Waals surface area contributed by atoms with Gasteiger partial charge in [0.1, 0.15) is 5.82 Å². The lowest BCUT2D eigenvalue weighted by Gasteiger charge is -2.39. The van der Waals surface area contributed by atoms with Gasteiger partial charge in [0.25, 0.3) is 0 Å². The summed E-state index contributed by atoms with van der Waals surface area (Å²) in [7, 11) is 0. The molecule has 2 nitrogen and oxygen atoms in total. The van der Waals surface area contributed by atoms with Crippen molar-refractivity contribution in [1.29, 1.82) is 0 Å². The number of nitrogens with zero attached hydrogens (tertiary/aromatic N) is 1. The van der Waals surface area contributed by atoms with Gasteiger partial charge in [-0.1, -0.05) is 19.8 Å². The zero-order valence-corrected chi connectivity index (χ0v) is 12.4. The Morgan fingerprint density at radius 3 is 2.70 bits per heavy atom. The highest BCUT2D eigenvalue weighted by atomic mass is 19.1. The smallest absolute Gasteiger partial charge is 0.179 e. The molecule has 2 unspecified atom stereocenters. The summed E-state index contributed by atoms with van der Waals surface area (Å²) >= 11 is 0. The summed E-state index contributed by atoms with van der Waals surface area (Å²) in [6, 6.07) is 6.31. The molecule has 1 aromatic carbocycles. The van der Waals surface area contributed by atoms with E-state index in [-0.39, 0.29) is 17.6 Å². The molecule has 1 heterocycles. The minimum Gasteiger partial charge on any atom is -0.292 e. The fraction of sp³-hybridized carbons (Fsp3) is 0.588. The van der Waals surface area contributed by atoms with Gasteiger partial charge >= 0.3 is 0 Å². The first-order valence-corrected chi connectivity index (χ1v) is 7.69. The largest absolute Gasteiger partial charge is 0.292 e. The number of rotatable bonds is 5. The van der Waals surface area contributed by atoms with E-state index in [4.69, 9.17) is 0 Å². The van der Waals surface area contributed by atoms with Crippen LogP contribution in [0.5, 0.6) is 0 Å². The number of hydrogen-bond acceptors (Lipinski definition) is 2. The van der Waals surface area contributed by atoms with E-state index in [1.807, 2.05) is 6.92 Å². The second-order valence-corrected chi connectivity index (χ2v) is 5.72. The van der Waals surface area contributed by atoms with Crippen LogP contribution < -0.4 is 0 Å². The second-order valence-electron chi connectivity index (χ2n) is 5.72. The molecule has 0 spiro atoms. The van der Waals surface area contributed by atoms with Crippen LogP contribution in [0.4, 0.5) is 4.39 Å². The Balaban J connectivity index is 2.09. The molecule has 0 radical (unpaired) electrons. The minimum atomic E-state index is -0.295. The van der Waals surface area contributed by atoms with Gasteiger partial charge in [-0.05, 0) is 57.0 Å². The number of benzene rings is 1. The van der Waals surface area contributed by atoms with Crippen LogP contribution >= 0.6 is 0 Å². The van der Waals surface area contributed by atoms with Gasteiger partial charge in [0, 0.05) is 11.6 Å². The van der Waals surface area contributed by atoms with Crippen LogP contribution in [0.25, 0.3) is 0 Å². The third-order valence-electron chi connectivity index (χ3n) is 4.30. The van der Waals surface area contributed by atoms with Crippen LogP contribution in [0.1, 0.15) is 56.3 Å². The first-order chi connectivity index (χ1) is 9.63. The van der Waals surface area contributed by atoms with Crippen molar-refractivity contribution in [3.8, 4) is 0 Å². The van der Waals surface area contributed by atoms with Crippen molar-refractivity contribution in [3.05, 3.63) is 35.6 Å². The highest BCUT2D eigenvalue weighted by Crippen LogP contribution is 2.24. The van der Waals surface area contributed by atoms with E-state index in [2.05, 4.69) is 11.8 Å². The van der Waals surface area contributed by atoms with E-state index >= 15 is 0 Å². The van der Waals surface area contributed by atoms with Gasteiger partial charge in [-0.15, -0.1) is 0 Å². The maximum Gasteiger partial charge on any atom is 0.179 e. The minimum absolute atomic E-state index is 0.105. The lowest BCUT2D eigenvalue weighted by Crippen LogP contribution is -2.48.